The zero-order chi connectivity index (χ0) is 18.6. The number of fused-ring (bicyclic) bond motifs is 4. The van der Waals surface area contributed by atoms with Crippen LogP contribution >= 0.6 is 0 Å². The summed E-state index contributed by atoms with van der Waals surface area (Å²) in [7, 11) is -2.08. The van der Waals surface area contributed by atoms with Crippen LogP contribution in [0.15, 0.2) is 26.2 Å². The number of rotatable bonds is 3. The van der Waals surface area contributed by atoms with E-state index in [0.717, 1.165) is 24.1 Å². The Kier molecular flexibility index (Phi) is 3.96. The first kappa shape index (κ1) is 17.3. The van der Waals surface area contributed by atoms with E-state index < -0.39 is 10.0 Å². The summed E-state index contributed by atoms with van der Waals surface area (Å²) in [5, 5.41) is 3.73. The molecule has 0 spiro atoms. The molecule has 0 aliphatic carbocycles. The smallest absolute Gasteiger partial charge is 0.276 e. The quantitative estimate of drug-likeness (QED) is 0.807. The van der Waals surface area contributed by atoms with E-state index >= 15 is 0 Å². The third-order valence-electron chi connectivity index (χ3n) is 5.49. The van der Waals surface area contributed by atoms with E-state index in [1.165, 1.54) is 10.4 Å². The average Bonchev–Trinajstić information content (AvgIpc) is 3.11. The second kappa shape index (κ2) is 5.95. The van der Waals surface area contributed by atoms with Gasteiger partial charge in [0.05, 0.1) is 11.6 Å². The number of piperidine rings is 1. The van der Waals surface area contributed by atoms with Crippen molar-refractivity contribution in [3.8, 4) is 11.5 Å². The molecule has 0 radical (unpaired) electrons. The normalized spacial score (nSPS) is 24.3. The van der Waals surface area contributed by atoms with Crippen LogP contribution in [-0.2, 0) is 14.8 Å². The van der Waals surface area contributed by atoms with Gasteiger partial charge < -0.3 is 13.8 Å². The minimum absolute atomic E-state index is 0.0202. The molecule has 9 heteroatoms. The Morgan fingerprint density at radius 3 is 2.65 bits per heavy atom. The zero-order valence-corrected chi connectivity index (χ0v) is 15.7. The molecule has 5 rings (SSSR count). The molecule has 3 aliphatic heterocycles. The van der Waals surface area contributed by atoms with Gasteiger partial charge in [0.25, 0.3) is 10.0 Å². The van der Waals surface area contributed by atoms with Gasteiger partial charge in [-0.15, -0.1) is 0 Å². The van der Waals surface area contributed by atoms with Crippen molar-refractivity contribution < 1.29 is 22.2 Å². The lowest BCUT2D eigenvalue weighted by Gasteiger charge is -2.32. The summed E-state index contributed by atoms with van der Waals surface area (Å²) in [6.45, 7) is 4.13. The highest BCUT2D eigenvalue weighted by atomic mass is 32.2. The fourth-order valence-electron chi connectivity index (χ4n) is 3.67. The molecule has 2 unspecified atom stereocenters. The molecule has 5 heterocycles. The number of nitrogens with zero attached hydrogens (tertiary/aromatic N) is 3. The lowest BCUT2D eigenvalue weighted by molar-refractivity contribution is -0.138. The van der Waals surface area contributed by atoms with Crippen LogP contribution in [0.5, 0.6) is 0 Å². The van der Waals surface area contributed by atoms with Crippen molar-refractivity contribution in [2.45, 2.75) is 37.8 Å². The van der Waals surface area contributed by atoms with Gasteiger partial charge in [-0.1, -0.05) is 5.16 Å². The van der Waals surface area contributed by atoms with Gasteiger partial charge in [-0.3, -0.25) is 4.79 Å². The molecule has 3 aliphatic rings. The van der Waals surface area contributed by atoms with Crippen LogP contribution in [0.3, 0.4) is 0 Å². The summed E-state index contributed by atoms with van der Waals surface area (Å²) in [4.78, 5) is 14.0. The van der Waals surface area contributed by atoms with Crippen LogP contribution in [0.4, 0.5) is 0 Å². The average molecular weight is 379 g/mol. The van der Waals surface area contributed by atoms with Crippen molar-refractivity contribution in [1.29, 1.82) is 0 Å². The first-order valence-electron chi connectivity index (χ1n) is 8.59. The largest absolute Gasteiger partial charge is 0.440 e. The number of aromatic nitrogens is 1. The molecule has 2 atom stereocenters. The molecule has 2 bridgehead atoms. The highest BCUT2D eigenvalue weighted by Crippen LogP contribution is 2.33. The van der Waals surface area contributed by atoms with Crippen LogP contribution in [0, 0.1) is 19.8 Å². The Bertz CT molecular complexity index is 961. The molecule has 3 saturated heterocycles. The number of hydrogen-bond donors (Lipinski definition) is 0. The summed E-state index contributed by atoms with van der Waals surface area (Å²) in [5.74, 6) is 0.483. The maximum atomic E-state index is 13.1. The Hall–Kier alpha value is -2.13. The number of carbonyl (C=O) groups excluding carboxylic acids is 1. The van der Waals surface area contributed by atoms with Gasteiger partial charge in [-0.25, -0.2) is 8.42 Å². The molecule has 3 fully saturated rings. The fourth-order valence-corrected chi connectivity index (χ4v) is 5.10. The van der Waals surface area contributed by atoms with Crippen molar-refractivity contribution in [3.63, 3.8) is 0 Å². The van der Waals surface area contributed by atoms with Crippen molar-refractivity contribution >= 4 is 15.9 Å². The molecule has 2 aromatic heterocycles. The summed E-state index contributed by atoms with van der Waals surface area (Å²) >= 11 is 0. The number of likely N-dealkylation sites (N-methyl/N-ethyl adjacent to an activating group) is 1. The van der Waals surface area contributed by atoms with Crippen molar-refractivity contribution in [1.82, 2.24) is 14.4 Å². The topological polar surface area (TPSA) is 96.9 Å². The number of aryl methyl sites for hydroxylation is 1. The zero-order valence-electron chi connectivity index (χ0n) is 14.9. The lowest BCUT2D eigenvalue weighted by atomic mass is 9.95. The van der Waals surface area contributed by atoms with Gasteiger partial charge in [0.2, 0.25) is 16.8 Å². The Morgan fingerprint density at radius 2 is 1.96 bits per heavy atom. The van der Waals surface area contributed by atoms with Crippen molar-refractivity contribution in [3.05, 3.63) is 23.4 Å². The van der Waals surface area contributed by atoms with E-state index in [4.69, 9.17) is 8.94 Å². The van der Waals surface area contributed by atoms with Gasteiger partial charge in [-0.05, 0) is 38.8 Å². The first-order chi connectivity index (χ1) is 12.3. The number of hydrogen-bond acceptors (Lipinski definition) is 6. The number of amides is 1. The maximum absolute atomic E-state index is 13.1. The second-order valence-corrected chi connectivity index (χ2v) is 8.91. The van der Waals surface area contributed by atoms with E-state index in [1.807, 2.05) is 13.8 Å². The molecule has 140 valence electrons. The summed E-state index contributed by atoms with van der Waals surface area (Å²) in [6.07, 6.45) is 1.54. The Balaban J connectivity index is 1.65. The molecule has 0 N–H and O–H groups in total. The number of furan rings is 1. The molecular weight excluding hydrogens is 358 g/mol. The first-order valence-corrected chi connectivity index (χ1v) is 10.0. The number of sulfonamides is 1. The molecule has 8 nitrogen and oxygen atoms in total. The monoisotopic (exact) mass is 379 g/mol. The molecular formula is C17H21N3O5S. The highest BCUT2D eigenvalue weighted by Gasteiger charge is 2.43. The molecule has 1 amide bonds. The van der Waals surface area contributed by atoms with Gasteiger partial charge in [0.15, 0.2) is 5.76 Å². The predicted molar refractivity (Wildman–Crippen MR) is 91.7 cm³/mol. The van der Waals surface area contributed by atoms with Crippen LogP contribution in [0.25, 0.3) is 11.5 Å². The Morgan fingerprint density at radius 1 is 1.19 bits per heavy atom. The van der Waals surface area contributed by atoms with Gasteiger partial charge in [0, 0.05) is 31.7 Å². The van der Waals surface area contributed by atoms with Gasteiger partial charge in [-0.2, -0.15) is 4.31 Å². The summed E-state index contributed by atoms with van der Waals surface area (Å²) in [5.41, 5.74) is 1.54. The van der Waals surface area contributed by atoms with Gasteiger partial charge in [0.1, 0.15) is 0 Å². The number of carbonyl (C=O) groups is 1. The van der Waals surface area contributed by atoms with Gasteiger partial charge >= 0.3 is 0 Å². The standard InChI is InChI=1S/C17H21N3O5S/c1-10-11(2)18-25-16(10)14-6-7-15(24-14)26(22,23)20-8-12-4-5-13(9-20)19(3)17(12)21/h6-7,12-13H,4-5,8-9H2,1-3H3. The van der Waals surface area contributed by atoms with Crippen LogP contribution < -0.4 is 0 Å². The SMILES string of the molecule is Cc1noc(-c2ccc(S(=O)(=O)N3CC4CCC(C3)N(C)C4=O)o2)c1C. The molecule has 2 aromatic rings. The highest BCUT2D eigenvalue weighted by molar-refractivity contribution is 7.89. The minimum Gasteiger partial charge on any atom is -0.440 e. The Labute approximate surface area is 151 Å². The van der Waals surface area contributed by atoms with E-state index in [2.05, 4.69) is 5.16 Å². The molecule has 0 saturated carbocycles. The van der Waals surface area contributed by atoms with E-state index in [-0.39, 0.29) is 36.0 Å². The fraction of sp³-hybridized carbons (Fsp3) is 0.529. The lowest BCUT2D eigenvalue weighted by Crippen LogP contribution is -2.45. The molecule has 0 aromatic carbocycles. The second-order valence-electron chi connectivity index (χ2n) is 7.04. The third kappa shape index (κ3) is 2.57. The van der Waals surface area contributed by atoms with E-state index in [1.54, 1.807) is 18.0 Å². The predicted octanol–water partition coefficient (Wildman–Crippen LogP) is 1.79. The maximum Gasteiger partial charge on any atom is 0.276 e. The van der Waals surface area contributed by atoms with Crippen molar-refractivity contribution in [2.75, 3.05) is 20.1 Å². The molecule has 26 heavy (non-hydrogen) atoms. The van der Waals surface area contributed by atoms with Crippen LogP contribution in [-0.4, -0.2) is 54.9 Å². The minimum atomic E-state index is -3.83. The summed E-state index contributed by atoms with van der Waals surface area (Å²) < 4.78 is 38.3. The van der Waals surface area contributed by atoms with Crippen molar-refractivity contribution in [2.24, 2.45) is 5.92 Å². The van der Waals surface area contributed by atoms with E-state index in [0.29, 0.717) is 11.5 Å². The third-order valence-corrected chi connectivity index (χ3v) is 7.19. The van der Waals surface area contributed by atoms with Crippen LogP contribution in [0.1, 0.15) is 24.1 Å². The van der Waals surface area contributed by atoms with E-state index in [9.17, 15) is 13.2 Å². The van der Waals surface area contributed by atoms with Crippen LogP contribution in [0.2, 0.25) is 0 Å². The summed E-state index contributed by atoms with van der Waals surface area (Å²) in [6, 6.07) is 2.91.